The first-order chi connectivity index (χ1) is 7.38. The molecule has 0 fully saturated rings. The molecule has 0 saturated carbocycles. The lowest BCUT2D eigenvalue weighted by atomic mass is 10.2. The Balaban J connectivity index is 2.28. The van der Waals surface area contributed by atoms with Crippen molar-refractivity contribution in [3.05, 3.63) is 52.0 Å². The van der Waals surface area contributed by atoms with Crippen molar-refractivity contribution in [1.82, 2.24) is 4.98 Å². The second-order valence-electron chi connectivity index (χ2n) is 2.77. The Hall–Kier alpha value is -2.10. The van der Waals surface area contributed by atoms with E-state index in [0.29, 0.717) is 11.3 Å². The fourth-order valence-corrected chi connectivity index (χ4v) is 1.61. The maximum Gasteiger partial charge on any atom is 0.114 e. The van der Waals surface area contributed by atoms with Crippen LogP contribution in [0.4, 0.5) is 0 Å². The molecule has 2 aromatic rings. The first kappa shape index (κ1) is 9.45. The molecule has 0 unspecified atom stereocenters. The zero-order chi connectivity index (χ0) is 10.5. The number of thiophene rings is 1. The van der Waals surface area contributed by atoms with Gasteiger partial charge in [-0.3, -0.25) is 0 Å². The minimum Gasteiger partial charge on any atom is -0.248 e. The molecule has 3 heteroatoms. The van der Waals surface area contributed by atoms with Gasteiger partial charge in [0.25, 0.3) is 0 Å². The first-order valence-electron chi connectivity index (χ1n) is 4.30. The second-order valence-corrected chi connectivity index (χ2v) is 3.72. The van der Waals surface area contributed by atoms with Gasteiger partial charge in [0.2, 0.25) is 0 Å². The molecule has 2 heterocycles. The summed E-state index contributed by atoms with van der Waals surface area (Å²) in [6, 6.07) is 9.30. The zero-order valence-electron chi connectivity index (χ0n) is 7.77. The highest BCUT2D eigenvalue weighted by molar-refractivity contribution is 7.10. The van der Waals surface area contributed by atoms with Gasteiger partial charge in [0.15, 0.2) is 0 Å². The van der Waals surface area contributed by atoms with Crippen molar-refractivity contribution in [1.29, 1.82) is 5.26 Å². The zero-order valence-corrected chi connectivity index (χ0v) is 8.58. The number of nitriles is 1. The summed E-state index contributed by atoms with van der Waals surface area (Å²) >= 11 is 1.59. The molecular weight excluding hydrogens is 204 g/mol. The maximum absolute atomic E-state index is 8.69. The van der Waals surface area contributed by atoms with E-state index in [4.69, 9.17) is 5.26 Å². The summed E-state index contributed by atoms with van der Waals surface area (Å²) in [7, 11) is 0. The third-order valence-electron chi connectivity index (χ3n) is 1.72. The van der Waals surface area contributed by atoms with Gasteiger partial charge in [-0.25, -0.2) is 4.98 Å². The van der Waals surface area contributed by atoms with E-state index in [1.807, 2.05) is 17.5 Å². The van der Waals surface area contributed by atoms with E-state index in [9.17, 15) is 0 Å². The quantitative estimate of drug-likeness (QED) is 0.626. The lowest BCUT2D eigenvalue weighted by molar-refractivity contribution is 1.27. The van der Waals surface area contributed by atoms with Gasteiger partial charge in [0.05, 0.1) is 16.5 Å². The molecule has 0 radical (unpaired) electrons. The van der Waals surface area contributed by atoms with E-state index in [0.717, 1.165) is 4.88 Å². The molecule has 2 rings (SSSR count). The lowest BCUT2D eigenvalue weighted by Gasteiger charge is -1.88. The molecule has 0 saturated heterocycles. The maximum atomic E-state index is 8.69. The molecule has 15 heavy (non-hydrogen) atoms. The van der Waals surface area contributed by atoms with Gasteiger partial charge >= 0.3 is 0 Å². The first-order valence-corrected chi connectivity index (χ1v) is 5.18. The summed E-state index contributed by atoms with van der Waals surface area (Å²) in [5.41, 5.74) is 1.21. The third-order valence-corrected chi connectivity index (χ3v) is 2.51. The Morgan fingerprint density at radius 3 is 2.93 bits per heavy atom. The van der Waals surface area contributed by atoms with Crippen LogP contribution < -0.4 is 0 Å². The number of hydrogen-bond donors (Lipinski definition) is 0. The Kier molecular flexibility index (Phi) is 2.78. The van der Waals surface area contributed by atoms with Crippen molar-refractivity contribution >= 4 is 11.3 Å². The molecule has 0 bridgehead atoms. The minimum absolute atomic E-state index is 0.584. The second kappa shape index (κ2) is 4.41. The summed E-state index contributed by atoms with van der Waals surface area (Å²) in [5.74, 6) is 5.91. The highest BCUT2D eigenvalue weighted by Crippen LogP contribution is 2.06. The number of hydrogen-bond acceptors (Lipinski definition) is 3. The van der Waals surface area contributed by atoms with Crippen LogP contribution in [0.2, 0.25) is 0 Å². The van der Waals surface area contributed by atoms with Gasteiger partial charge < -0.3 is 0 Å². The summed E-state index contributed by atoms with van der Waals surface area (Å²) in [5, 5.41) is 10.7. The number of nitrogens with zero attached hydrogens (tertiary/aromatic N) is 2. The van der Waals surface area contributed by atoms with Crippen molar-refractivity contribution in [2.75, 3.05) is 0 Å². The molecule has 70 valence electrons. The van der Waals surface area contributed by atoms with Gasteiger partial charge in [-0.15, -0.1) is 11.3 Å². The van der Waals surface area contributed by atoms with Crippen LogP contribution in [-0.4, -0.2) is 4.98 Å². The predicted octanol–water partition coefficient (Wildman–Crippen LogP) is 2.41. The monoisotopic (exact) mass is 210 g/mol. The van der Waals surface area contributed by atoms with Gasteiger partial charge in [0, 0.05) is 6.20 Å². The van der Waals surface area contributed by atoms with Crippen LogP contribution in [0.5, 0.6) is 0 Å². The smallest absolute Gasteiger partial charge is 0.114 e. The summed E-state index contributed by atoms with van der Waals surface area (Å²) in [6.07, 6.45) is 1.59. The van der Waals surface area contributed by atoms with E-state index in [2.05, 4.69) is 22.9 Å². The molecule has 0 aliphatic rings. The van der Waals surface area contributed by atoms with Crippen LogP contribution in [0.3, 0.4) is 0 Å². The van der Waals surface area contributed by atoms with Crippen molar-refractivity contribution in [2.45, 2.75) is 0 Å². The molecule has 0 N–H and O–H groups in total. The predicted molar refractivity (Wildman–Crippen MR) is 59.3 cm³/mol. The molecule has 0 amide bonds. The van der Waals surface area contributed by atoms with E-state index in [1.165, 1.54) is 0 Å². The topological polar surface area (TPSA) is 36.7 Å². The Morgan fingerprint density at radius 1 is 1.27 bits per heavy atom. The average Bonchev–Trinajstić information content (AvgIpc) is 2.79. The van der Waals surface area contributed by atoms with Crippen LogP contribution >= 0.6 is 11.3 Å². The number of aromatic nitrogens is 1. The van der Waals surface area contributed by atoms with Crippen molar-refractivity contribution in [2.24, 2.45) is 0 Å². The largest absolute Gasteiger partial charge is 0.248 e. The van der Waals surface area contributed by atoms with Crippen LogP contribution in [0.25, 0.3) is 0 Å². The molecule has 2 nitrogen and oxygen atoms in total. The fourth-order valence-electron chi connectivity index (χ4n) is 1.04. The highest BCUT2D eigenvalue weighted by atomic mass is 32.1. The van der Waals surface area contributed by atoms with E-state index in [1.54, 1.807) is 29.7 Å². The van der Waals surface area contributed by atoms with Crippen molar-refractivity contribution < 1.29 is 0 Å². The molecular formula is C12H6N2S. The lowest BCUT2D eigenvalue weighted by Crippen LogP contribution is -1.83. The van der Waals surface area contributed by atoms with Gasteiger partial charge in [-0.05, 0) is 35.4 Å². The minimum atomic E-state index is 0.584. The van der Waals surface area contributed by atoms with E-state index in [-0.39, 0.29) is 0 Å². The normalized spacial score (nSPS) is 8.73. The van der Waals surface area contributed by atoms with Crippen LogP contribution in [0, 0.1) is 23.2 Å². The van der Waals surface area contributed by atoms with Crippen molar-refractivity contribution in [3.63, 3.8) is 0 Å². The third kappa shape index (κ3) is 2.43. The Labute approximate surface area is 91.8 Å². The average molecular weight is 210 g/mol. The Bertz CT molecular complexity index is 553. The van der Waals surface area contributed by atoms with E-state index < -0.39 is 0 Å². The van der Waals surface area contributed by atoms with Crippen LogP contribution in [0.15, 0.2) is 35.8 Å². The fraction of sp³-hybridized carbons (Fsp3) is 0. The van der Waals surface area contributed by atoms with Crippen LogP contribution in [0.1, 0.15) is 16.1 Å². The SMILES string of the molecule is N#Cc1ccnc(C#Cc2cccs2)c1. The van der Waals surface area contributed by atoms with Crippen molar-refractivity contribution in [3.8, 4) is 17.9 Å². The summed E-state index contributed by atoms with van der Waals surface area (Å²) in [4.78, 5) is 5.07. The Morgan fingerprint density at radius 2 is 2.20 bits per heavy atom. The summed E-state index contributed by atoms with van der Waals surface area (Å²) in [6.45, 7) is 0. The summed E-state index contributed by atoms with van der Waals surface area (Å²) < 4.78 is 0. The molecule has 0 aliphatic heterocycles. The molecule has 0 aromatic carbocycles. The van der Waals surface area contributed by atoms with Gasteiger partial charge in [-0.2, -0.15) is 5.26 Å². The van der Waals surface area contributed by atoms with E-state index >= 15 is 0 Å². The van der Waals surface area contributed by atoms with Gasteiger partial charge in [-0.1, -0.05) is 6.07 Å². The van der Waals surface area contributed by atoms with Gasteiger partial charge in [0.1, 0.15) is 5.69 Å². The molecule has 0 spiro atoms. The molecule has 2 aromatic heterocycles. The highest BCUT2D eigenvalue weighted by Gasteiger charge is 1.92. The standard InChI is InChI=1S/C12H6N2S/c13-9-10-5-6-14-11(8-10)3-4-12-2-1-7-15-12/h1-2,5-8H. The molecule has 0 aliphatic carbocycles. The number of pyridine rings is 1. The molecule has 0 atom stereocenters. The number of rotatable bonds is 0. The van der Waals surface area contributed by atoms with Crippen LogP contribution in [-0.2, 0) is 0 Å².